The van der Waals surface area contributed by atoms with Crippen molar-refractivity contribution in [1.29, 1.82) is 0 Å². The molecule has 1 aromatic heterocycles. The Bertz CT molecular complexity index is 623. The van der Waals surface area contributed by atoms with Crippen LogP contribution in [-0.4, -0.2) is 43.5 Å². The summed E-state index contributed by atoms with van der Waals surface area (Å²) in [7, 11) is -3.60. The molecule has 2 saturated heterocycles. The molecular weight excluding hydrogens is 321 g/mol. The lowest BCUT2D eigenvalue weighted by molar-refractivity contribution is 0.309. The summed E-state index contributed by atoms with van der Waals surface area (Å²) >= 11 is 11.5. The smallest absolute Gasteiger partial charge is 0.242 e. The predicted octanol–water partition coefficient (Wildman–Crippen LogP) is 1.90. The third kappa shape index (κ3) is 2.67. The zero-order valence-corrected chi connectivity index (χ0v) is 13.0. The number of fused-ring (bicyclic) bond motifs is 1. The zero-order chi connectivity index (χ0) is 14.3. The molecule has 8 heteroatoms. The van der Waals surface area contributed by atoms with Crippen molar-refractivity contribution in [3.8, 4) is 0 Å². The standard InChI is InChI=1S/C12H15Cl2N3O2S/c13-9-6-8(7-15-12(9)14)20(18,19)16-10-3-5-17-4-1-2-11(10)17/h6-7,10-11,16H,1-5H2. The summed E-state index contributed by atoms with van der Waals surface area (Å²) in [6, 6.07) is 1.62. The van der Waals surface area contributed by atoms with Gasteiger partial charge in [0.1, 0.15) is 10.0 Å². The summed E-state index contributed by atoms with van der Waals surface area (Å²) in [5.74, 6) is 0. The fraction of sp³-hybridized carbons (Fsp3) is 0.583. The molecule has 2 atom stereocenters. The number of nitrogens with zero attached hydrogens (tertiary/aromatic N) is 2. The van der Waals surface area contributed by atoms with Crippen molar-refractivity contribution in [2.45, 2.75) is 36.2 Å². The van der Waals surface area contributed by atoms with Gasteiger partial charge in [0, 0.05) is 24.8 Å². The fourth-order valence-electron chi connectivity index (χ4n) is 3.04. The SMILES string of the molecule is O=S(=O)(NC1CCN2CCCC12)c1cnc(Cl)c(Cl)c1. The first-order valence-electron chi connectivity index (χ1n) is 6.55. The van der Waals surface area contributed by atoms with Crippen LogP contribution < -0.4 is 4.72 Å². The molecule has 1 aromatic rings. The van der Waals surface area contributed by atoms with Crippen molar-refractivity contribution in [2.24, 2.45) is 0 Å². The molecule has 20 heavy (non-hydrogen) atoms. The molecule has 0 aromatic carbocycles. The molecule has 1 N–H and O–H groups in total. The van der Waals surface area contributed by atoms with Gasteiger partial charge in [-0.3, -0.25) is 4.90 Å². The average molecular weight is 336 g/mol. The third-order valence-electron chi connectivity index (χ3n) is 3.99. The van der Waals surface area contributed by atoms with Crippen LogP contribution in [0.4, 0.5) is 0 Å². The third-order valence-corrected chi connectivity index (χ3v) is 6.14. The van der Waals surface area contributed by atoms with Crippen LogP contribution in [0.2, 0.25) is 10.2 Å². The highest BCUT2D eigenvalue weighted by atomic mass is 35.5. The Kier molecular flexibility index (Phi) is 3.94. The lowest BCUT2D eigenvalue weighted by Crippen LogP contribution is -2.42. The Balaban J connectivity index is 1.80. The maximum atomic E-state index is 12.4. The largest absolute Gasteiger partial charge is 0.299 e. The van der Waals surface area contributed by atoms with Crippen molar-refractivity contribution in [2.75, 3.05) is 13.1 Å². The van der Waals surface area contributed by atoms with E-state index in [9.17, 15) is 8.42 Å². The molecule has 5 nitrogen and oxygen atoms in total. The highest BCUT2D eigenvalue weighted by Gasteiger charge is 2.39. The highest BCUT2D eigenvalue weighted by Crippen LogP contribution is 2.29. The summed E-state index contributed by atoms with van der Waals surface area (Å²) < 4.78 is 27.5. The van der Waals surface area contributed by atoms with E-state index in [1.54, 1.807) is 0 Å². The minimum Gasteiger partial charge on any atom is -0.299 e. The Labute approximate surface area is 128 Å². The lowest BCUT2D eigenvalue weighted by Gasteiger charge is -2.21. The van der Waals surface area contributed by atoms with E-state index in [0.717, 1.165) is 32.4 Å². The Morgan fingerprint density at radius 3 is 2.85 bits per heavy atom. The number of nitrogens with one attached hydrogen (secondary N) is 1. The van der Waals surface area contributed by atoms with Crippen molar-refractivity contribution < 1.29 is 8.42 Å². The van der Waals surface area contributed by atoms with Crippen LogP contribution in [0.3, 0.4) is 0 Å². The summed E-state index contributed by atoms with van der Waals surface area (Å²) in [6.45, 7) is 2.02. The topological polar surface area (TPSA) is 62.3 Å². The molecule has 3 heterocycles. The first-order valence-corrected chi connectivity index (χ1v) is 8.79. The molecule has 0 amide bonds. The van der Waals surface area contributed by atoms with Crippen molar-refractivity contribution in [3.05, 3.63) is 22.4 Å². The van der Waals surface area contributed by atoms with Crippen LogP contribution in [0.25, 0.3) is 0 Å². The maximum absolute atomic E-state index is 12.4. The number of pyridine rings is 1. The van der Waals surface area contributed by atoms with Crippen LogP contribution in [0, 0.1) is 0 Å². The van der Waals surface area contributed by atoms with Crippen LogP contribution in [0.15, 0.2) is 17.2 Å². The predicted molar refractivity (Wildman–Crippen MR) is 77.6 cm³/mol. The van der Waals surface area contributed by atoms with Gasteiger partial charge in [0.15, 0.2) is 0 Å². The Morgan fingerprint density at radius 2 is 2.10 bits per heavy atom. The van der Waals surface area contributed by atoms with Gasteiger partial charge in [0.2, 0.25) is 10.0 Å². The van der Waals surface area contributed by atoms with Gasteiger partial charge in [0.05, 0.1) is 5.02 Å². The number of hydrogen-bond acceptors (Lipinski definition) is 4. The number of hydrogen-bond donors (Lipinski definition) is 1. The van der Waals surface area contributed by atoms with E-state index in [1.807, 2.05) is 0 Å². The molecular formula is C12H15Cl2N3O2S. The van der Waals surface area contributed by atoms with E-state index in [0.29, 0.717) is 6.04 Å². The molecule has 3 rings (SSSR count). The first-order chi connectivity index (χ1) is 9.47. The summed E-state index contributed by atoms with van der Waals surface area (Å²) in [4.78, 5) is 6.20. The van der Waals surface area contributed by atoms with Gasteiger partial charge < -0.3 is 0 Å². The van der Waals surface area contributed by atoms with E-state index in [1.165, 1.54) is 12.3 Å². The van der Waals surface area contributed by atoms with Gasteiger partial charge in [-0.1, -0.05) is 23.2 Å². The molecule has 0 bridgehead atoms. The van der Waals surface area contributed by atoms with Crippen molar-refractivity contribution in [3.63, 3.8) is 0 Å². The Morgan fingerprint density at radius 1 is 1.30 bits per heavy atom. The monoisotopic (exact) mass is 335 g/mol. The maximum Gasteiger partial charge on any atom is 0.242 e. The van der Waals surface area contributed by atoms with E-state index >= 15 is 0 Å². The van der Waals surface area contributed by atoms with Gasteiger partial charge in [0.25, 0.3) is 0 Å². The number of rotatable bonds is 3. The molecule has 110 valence electrons. The summed E-state index contributed by atoms with van der Waals surface area (Å²) in [5, 5.41) is 0.247. The van der Waals surface area contributed by atoms with Crippen molar-refractivity contribution in [1.82, 2.24) is 14.6 Å². The molecule has 2 aliphatic heterocycles. The second-order valence-electron chi connectivity index (χ2n) is 5.21. The zero-order valence-electron chi connectivity index (χ0n) is 10.7. The molecule has 2 unspecified atom stereocenters. The van der Waals surface area contributed by atoms with Gasteiger partial charge in [-0.2, -0.15) is 0 Å². The lowest BCUT2D eigenvalue weighted by atomic mass is 10.1. The number of halogens is 2. The van der Waals surface area contributed by atoms with Crippen LogP contribution in [0.5, 0.6) is 0 Å². The minimum atomic E-state index is -3.60. The second kappa shape index (κ2) is 5.42. The van der Waals surface area contributed by atoms with Gasteiger partial charge >= 0.3 is 0 Å². The summed E-state index contributed by atoms with van der Waals surface area (Å²) in [6.07, 6.45) is 4.26. The fourth-order valence-corrected chi connectivity index (χ4v) is 4.65. The molecule has 2 aliphatic rings. The first kappa shape index (κ1) is 14.5. The van der Waals surface area contributed by atoms with Gasteiger partial charge in [-0.15, -0.1) is 0 Å². The van der Waals surface area contributed by atoms with Crippen LogP contribution in [0.1, 0.15) is 19.3 Å². The number of aromatic nitrogens is 1. The van der Waals surface area contributed by atoms with E-state index < -0.39 is 10.0 Å². The van der Waals surface area contributed by atoms with E-state index in [4.69, 9.17) is 23.2 Å². The highest BCUT2D eigenvalue weighted by molar-refractivity contribution is 7.89. The minimum absolute atomic E-state index is 0.0306. The van der Waals surface area contributed by atoms with E-state index in [-0.39, 0.29) is 21.1 Å². The molecule has 2 fully saturated rings. The van der Waals surface area contributed by atoms with Crippen molar-refractivity contribution >= 4 is 33.2 Å². The van der Waals surface area contributed by atoms with E-state index in [2.05, 4.69) is 14.6 Å². The quantitative estimate of drug-likeness (QED) is 0.857. The molecule has 0 aliphatic carbocycles. The normalized spacial score (nSPS) is 26.9. The molecule has 0 saturated carbocycles. The average Bonchev–Trinajstić information content (AvgIpc) is 2.97. The Hall–Kier alpha value is -0.400. The summed E-state index contributed by atoms with van der Waals surface area (Å²) in [5.41, 5.74) is 0. The second-order valence-corrected chi connectivity index (χ2v) is 7.68. The number of sulfonamides is 1. The molecule has 0 spiro atoms. The van der Waals surface area contributed by atoms with Crippen LogP contribution >= 0.6 is 23.2 Å². The van der Waals surface area contributed by atoms with Crippen LogP contribution in [-0.2, 0) is 10.0 Å². The molecule has 0 radical (unpaired) electrons. The van der Waals surface area contributed by atoms with Gasteiger partial charge in [-0.25, -0.2) is 18.1 Å². The van der Waals surface area contributed by atoms with Gasteiger partial charge in [-0.05, 0) is 31.9 Å².